The molecule has 1 aromatic carbocycles. The van der Waals surface area contributed by atoms with Gasteiger partial charge in [0.25, 0.3) is 0 Å². The van der Waals surface area contributed by atoms with E-state index in [4.69, 9.17) is 23.2 Å². The molecule has 2 nitrogen and oxygen atoms in total. The van der Waals surface area contributed by atoms with Gasteiger partial charge in [0.05, 0.1) is 31.8 Å². The number of hydrogen-bond acceptors (Lipinski definition) is 2. The molecule has 2 aromatic heterocycles. The number of halogens is 4. The van der Waals surface area contributed by atoms with Crippen molar-refractivity contribution in [2.45, 2.75) is 5.92 Å². The SMILES string of the molecule is Clc1cnc(C(c2ccccc2)c2ncccc2Br)c(Br)c1Cl. The lowest BCUT2D eigenvalue weighted by Gasteiger charge is -2.20. The molecule has 0 aliphatic rings. The standard InChI is InChI=1S/C17H10Br2Cl2N2/c18-11-7-4-8-22-16(11)13(10-5-2-1-3-6-10)17-14(19)15(21)12(20)9-23-17/h1-9,13H. The van der Waals surface area contributed by atoms with Crippen LogP contribution in [0.2, 0.25) is 10.0 Å². The molecule has 0 radical (unpaired) electrons. The first-order valence-corrected chi connectivity index (χ1v) is 9.08. The fourth-order valence-corrected chi connectivity index (χ4v) is 3.79. The van der Waals surface area contributed by atoms with Crippen molar-refractivity contribution in [2.24, 2.45) is 0 Å². The average molecular weight is 473 g/mol. The molecule has 0 N–H and O–H groups in total. The van der Waals surface area contributed by atoms with Crippen LogP contribution in [0.5, 0.6) is 0 Å². The highest BCUT2D eigenvalue weighted by atomic mass is 79.9. The minimum Gasteiger partial charge on any atom is -0.259 e. The van der Waals surface area contributed by atoms with Gasteiger partial charge in [-0.05, 0) is 49.6 Å². The minimum atomic E-state index is -0.170. The van der Waals surface area contributed by atoms with E-state index in [1.54, 1.807) is 12.4 Å². The molecule has 0 saturated heterocycles. The third-order valence-corrected chi connectivity index (χ3v) is 5.89. The molecule has 2 heterocycles. The van der Waals surface area contributed by atoms with Gasteiger partial charge in [0.1, 0.15) is 0 Å². The van der Waals surface area contributed by atoms with Crippen molar-refractivity contribution in [2.75, 3.05) is 0 Å². The summed E-state index contributed by atoms with van der Waals surface area (Å²) in [5.74, 6) is -0.170. The van der Waals surface area contributed by atoms with E-state index in [1.165, 1.54) is 0 Å². The van der Waals surface area contributed by atoms with Crippen molar-refractivity contribution < 1.29 is 0 Å². The molecule has 1 atom stereocenters. The maximum Gasteiger partial charge on any atom is 0.0787 e. The van der Waals surface area contributed by atoms with E-state index < -0.39 is 0 Å². The highest BCUT2D eigenvalue weighted by molar-refractivity contribution is 9.11. The van der Waals surface area contributed by atoms with E-state index >= 15 is 0 Å². The quantitative estimate of drug-likeness (QED) is 0.435. The Kier molecular flexibility index (Phi) is 5.37. The van der Waals surface area contributed by atoms with Crippen LogP contribution in [0.3, 0.4) is 0 Å². The van der Waals surface area contributed by atoms with Crippen LogP contribution in [-0.2, 0) is 0 Å². The Labute approximate surface area is 161 Å². The lowest BCUT2D eigenvalue weighted by atomic mass is 9.91. The average Bonchev–Trinajstić information content (AvgIpc) is 2.57. The van der Waals surface area contributed by atoms with E-state index in [1.807, 2.05) is 42.5 Å². The van der Waals surface area contributed by atoms with Crippen molar-refractivity contribution >= 4 is 55.1 Å². The lowest BCUT2D eigenvalue weighted by Crippen LogP contribution is -2.09. The number of hydrogen-bond donors (Lipinski definition) is 0. The summed E-state index contributed by atoms with van der Waals surface area (Å²) in [7, 11) is 0. The first kappa shape index (κ1) is 16.9. The molecule has 23 heavy (non-hydrogen) atoms. The summed E-state index contributed by atoms with van der Waals surface area (Å²) < 4.78 is 1.59. The van der Waals surface area contributed by atoms with Crippen molar-refractivity contribution in [1.29, 1.82) is 0 Å². The van der Waals surface area contributed by atoms with Crippen LogP contribution in [0.1, 0.15) is 22.9 Å². The molecule has 0 fully saturated rings. The fraction of sp³-hybridized carbons (Fsp3) is 0.0588. The van der Waals surface area contributed by atoms with Gasteiger partial charge in [0.2, 0.25) is 0 Å². The van der Waals surface area contributed by atoms with Crippen LogP contribution in [0.25, 0.3) is 0 Å². The maximum absolute atomic E-state index is 6.29. The van der Waals surface area contributed by atoms with Gasteiger partial charge >= 0.3 is 0 Å². The van der Waals surface area contributed by atoms with E-state index in [9.17, 15) is 0 Å². The highest BCUT2D eigenvalue weighted by Crippen LogP contribution is 2.41. The van der Waals surface area contributed by atoms with Gasteiger partial charge in [-0.15, -0.1) is 0 Å². The summed E-state index contributed by atoms with van der Waals surface area (Å²) in [5, 5.41) is 0.860. The normalized spacial score (nSPS) is 12.2. The summed E-state index contributed by atoms with van der Waals surface area (Å²) in [6, 6.07) is 13.9. The van der Waals surface area contributed by atoms with E-state index in [2.05, 4.69) is 41.8 Å². The smallest absolute Gasteiger partial charge is 0.0787 e. The number of benzene rings is 1. The molecular weight excluding hydrogens is 463 g/mol. The molecular formula is C17H10Br2Cl2N2. The Bertz CT molecular complexity index is 841. The number of pyridine rings is 2. The number of nitrogens with zero attached hydrogens (tertiary/aromatic N) is 2. The number of rotatable bonds is 3. The molecule has 0 saturated carbocycles. The zero-order valence-electron chi connectivity index (χ0n) is 11.7. The van der Waals surface area contributed by atoms with Crippen LogP contribution in [0.15, 0.2) is 63.8 Å². The van der Waals surface area contributed by atoms with Crippen LogP contribution in [0, 0.1) is 0 Å². The maximum atomic E-state index is 6.29. The number of aromatic nitrogens is 2. The van der Waals surface area contributed by atoms with Crippen molar-refractivity contribution in [1.82, 2.24) is 9.97 Å². The van der Waals surface area contributed by atoms with Gasteiger partial charge in [-0.2, -0.15) is 0 Å². The molecule has 0 spiro atoms. The molecule has 0 amide bonds. The Morgan fingerprint density at radius 2 is 1.61 bits per heavy atom. The summed E-state index contributed by atoms with van der Waals surface area (Å²) in [5.41, 5.74) is 2.70. The molecule has 0 bridgehead atoms. The van der Waals surface area contributed by atoms with Gasteiger partial charge in [-0.1, -0.05) is 53.5 Å². The minimum absolute atomic E-state index is 0.170. The lowest BCUT2D eigenvalue weighted by molar-refractivity contribution is 0.862. The Hall–Kier alpha value is -0.940. The van der Waals surface area contributed by atoms with Gasteiger partial charge in [-0.25, -0.2) is 0 Å². The third kappa shape index (κ3) is 3.45. The summed E-state index contributed by atoms with van der Waals surface area (Å²) in [6.07, 6.45) is 3.33. The first-order valence-electron chi connectivity index (χ1n) is 6.74. The van der Waals surface area contributed by atoms with Crippen LogP contribution >= 0.6 is 55.1 Å². The molecule has 3 aromatic rings. The monoisotopic (exact) mass is 470 g/mol. The Balaban J connectivity index is 2.26. The fourth-order valence-electron chi connectivity index (χ4n) is 2.36. The summed E-state index contributed by atoms with van der Waals surface area (Å²) in [6.45, 7) is 0. The van der Waals surface area contributed by atoms with Gasteiger partial charge in [0, 0.05) is 16.9 Å². The van der Waals surface area contributed by atoms with E-state index in [0.29, 0.717) is 14.5 Å². The largest absolute Gasteiger partial charge is 0.259 e. The molecule has 6 heteroatoms. The van der Waals surface area contributed by atoms with Crippen molar-refractivity contribution in [3.63, 3.8) is 0 Å². The van der Waals surface area contributed by atoms with Gasteiger partial charge in [-0.3, -0.25) is 9.97 Å². The van der Waals surface area contributed by atoms with Crippen LogP contribution in [-0.4, -0.2) is 9.97 Å². The molecule has 0 aliphatic carbocycles. The van der Waals surface area contributed by atoms with Gasteiger partial charge in [0.15, 0.2) is 0 Å². The van der Waals surface area contributed by atoms with Crippen LogP contribution < -0.4 is 0 Å². The Morgan fingerprint density at radius 3 is 2.30 bits per heavy atom. The topological polar surface area (TPSA) is 25.8 Å². The van der Waals surface area contributed by atoms with Crippen LogP contribution in [0.4, 0.5) is 0 Å². The van der Waals surface area contributed by atoms with Crippen molar-refractivity contribution in [3.8, 4) is 0 Å². The zero-order chi connectivity index (χ0) is 16.4. The second-order valence-electron chi connectivity index (χ2n) is 4.83. The molecule has 0 aliphatic heterocycles. The second-order valence-corrected chi connectivity index (χ2v) is 7.27. The highest BCUT2D eigenvalue weighted by Gasteiger charge is 2.25. The first-order chi connectivity index (χ1) is 11.1. The Morgan fingerprint density at radius 1 is 0.870 bits per heavy atom. The molecule has 116 valence electrons. The second kappa shape index (κ2) is 7.31. The zero-order valence-corrected chi connectivity index (χ0v) is 16.4. The van der Waals surface area contributed by atoms with E-state index in [-0.39, 0.29) is 5.92 Å². The van der Waals surface area contributed by atoms with Crippen molar-refractivity contribution in [3.05, 3.63) is 90.8 Å². The third-order valence-electron chi connectivity index (χ3n) is 3.41. The predicted molar refractivity (Wildman–Crippen MR) is 101 cm³/mol. The predicted octanol–water partition coefficient (Wildman–Crippen LogP) is 6.49. The van der Waals surface area contributed by atoms with Gasteiger partial charge < -0.3 is 0 Å². The summed E-state index contributed by atoms with van der Waals surface area (Å²) in [4.78, 5) is 9.05. The molecule has 1 unspecified atom stereocenters. The molecule has 3 rings (SSSR count). The van der Waals surface area contributed by atoms with E-state index in [0.717, 1.165) is 21.4 Å². The summed E-state index contributed by atoms with van der Waals surface area (Å²) >= 11 is 19.5.